The average Bonchev–Trinajstić information content (AvgIpc) is 2.95. The summed E-state index contributed by atoms with van der Waals surface area (Å²) in [5.41, 5.74) is 2.18. The Morgan fingerprint density at radius 3 is 2.31 bits per heavy atom. The number of amides is 1. The Morgan fingerprint density at radius 1 is 0.976 bits per heavy atom. The molecule has 42 heavy (non-hydrogen) atoms. The van der Waals surface area contributed by atoms with Crippen molar-refractivity contribution in [3.63, 3.8) is 0 Å². The molecule has 3 N–H and O–H groups in total. The minimum atomic E-state index is -1.83. The molecule has 10 heteroatoms. The maximum Gasteiger partial charge on any atom is 0.503 e. The molecule has 1 aromatic heterocycles. The summed E-state index contributed by atoms with van der Waals surface area (Å²) in [6.45, 7) is 5.80. The van der Waals surface area contributed by atoms with Crippen LogP contribution in [0.5, 0.6) is 5.75 Å². The molecule has 10 nitrogen and oxygen atoms in total. The average molecular weight is 576 g/mol. The molecule has 0 spiro atoms. The third kappa shape index (κ3) is 6.96. The van der Waals surface area contributed by atoms with Crippen molar-refractivity contribution in [2.24, 2.45) is 0 Å². The normalized spacial score (nSPS) is 17.5. The van der Waals surface area contributed by atoms with E-state index in [1.165, 1.54) is 0 Å². The highest BCUT2D eigenvalue weighted by Crippen LogP contribution is 2.34. The maximum atomic E-state index is 13.2. The molecule has 2 unspecified atom stereocenters. The largest absolute Gasteiger partial charge is 0.503 e. The highest BCUT2D eigenvalue weighted by Gasteiger charge is 2.39. The lowest BCUT2D eigenvalue weighted by molar-refractivity contribution is -0.233. The number of ether oxygens (including phenoxy) is 3. The molecule has 1 fully saturated rings. The van der Waals surface area contributed by atoms with Gasteiger partial charge >= 0.3 is 11.8 Å². The third-order valence-corrected chi connectivity index (χ3v) is 7.02. The van der Waals surface area contributed by atoms with Crippen LogP contribution in [0.15, 0.2) is 82.0 Å². The number of carboxylic acid groups (broad SMARTS) is 2. The monoisotopic (exact) mass is 575 g/mol. The Balaban J connectivity index is 0.000000952. The Labute approximate surface area is 242 Å². The summed E-state index contributed by atoms with van der Waals surface area (Å²) in [6, 6.07) is 22.2. The van der Waals surface area contributed by atoms with E-state index >= 15 is 0 Å². The number of hydrogen-bond donors (Lipinski definition) is 3. The Morgan fingerprint density at radius 2 is 1.64 bits per heavy atom. The first-order valence-electron chi connectivity index (χ1n) is 13.3. The highest BCUT2D eigenvalue weighted by molar-refractivity contribution is 6.09. The molecule has 5 rings (SSSR count). The van der Waals surface area contributed by atoms with Crippen LogP contribution in [0, 0.1) is 6.92 Å². The van der Waals surface area contributed by atoms with Gasteiger partial charge in [0.05, 0.1) is 11.7 Å². The van der Waals surface area contributed by atoms with Gasteiger partial charge in [0.1, 0.15) is 17.0 Å². The zero-order valence-electron chi connectivity index (χ0n) is 23.7. The second kappa shape index (κ2) is 12.9. The van der Waals surface area contributed by atoms with Gasteiger partial charge in [-0.15, -0.1) is 0 Å². The summed E-state index contributed by atoms with van der Waals surface area (Å²) in [5.74, 6) is 0.185. The lowest BCUT2D eigenvalue weighted by Crippen LogP contribution is -2.49. The predicted molar refractivity (Wildman–Crippen MR) is 157 cm³/mol. The fourth-order valence-corrected chi connectivity index (χ4v) is 5.00. The van der Waals surface area contributed by atoms with E-state index in [-0.39, 0.29) is 17.7 Å². The van der Waals surface area contributed by atoms with E-state index in [4.69, 9.17) is 33.6 Å². The van der Waals surface area contributed by atoms with Crippen molar-refractivity contribution in [1.82, 2.24) is 0 Å². The number of anilines is 1. The molecule has 1 saturated heterocycles. The van der Waals surface area contributed by atoms with Gasteiger partial charge in [0.25, 0.3) is 5.91 Å². The Bertz CT molecular complexity index is 1620. The zero-order valence-corrected chi connectivity index (χ0v) is 23.7. The van der Waals surface area contributed by atoms with Crippen molar-refractivity contribution < 1.29 is 38.4 Å². The number of rotatable bonds is 6. The molecule has 1 amide bonds. The lowest BCUT2D eigenvalue weighted by Gasteiger charge is -2.41. The molecule has 2 heterocycles. The molecule has 4 aromatic rings. The van der Waals surface area contributed by atoms with E-state index in [1.54, 1.807) is 31.4 Å². The molecule has 220 valence electrons. The van der Waals surface area contributed by atoms with E-state index in [0.29, 0.717) is 34.3 Å². The summed E-state index contributed by atoms with van der Waals surface area (Å²) >= 11 is 0. The van der Waals surface area contributed by atoms with Crippen molar-refractivity contribution >= 4 is 28.7 Å². The first-order chi connectivity index (χ1) is 20.0. The second-order valence-electron chi connectivity index (χ2n) is 10.3. The van der Waals surface area contributed by atoms with Gasteiger partial charge in [-0.25, -0.2) is 9.59 Å². The molecule has 0 aliphatic carbocycles. The zero-order chi connectivity index (χ0) is 30.4. The molecule has 1 aliphatic rings. The van der Waals surface area contributed by atoms with Gasteiger partial charge in [0.15, 0.2) is 0 Å². The molecule has 0 bridgehead atoms. The van der Waals surface area contributed by atoms with Gasteiger partial charge in [-0.05, 0) is 62.6 Å². The smallest absolute Gasteiger partial charge is 0.465 e. The fourth-order valence-electron chi connectivity index (χ4n) is 5.00. The molecule has 3 aromatic carbocycles. The maximum absolute atomic E-state index is 13.2. The van der Waals surface area contributed by atoms with Crippen molar-refractivity contribution in [3.05, 3.63) is 94.3 Å². The van der Waals surface area contributed by atoms with Crippen LogP contribution in [0.1, 0.15) is 42.6 Å². The van der Waals surface area contributed by atoms with Crippen LogP contribution in [-0.2, 0) is 9.47 Å². The first-order valence-corrected chi connectivity index (χ1v) is 13.3. The summed E-state index contributed by atoms with van der Waals surface area (Å²) in [4.78, 5) is 34.7. The Hall–Kier alpha value is -4.67. The quantitative estimate of drug-likeness (QED) is 0.218. The molecule has 0 saturated carbocycles. The molecule has 1 aliphatic heterocycles. The van der Waals surface area contributed by atoms with Crippen LogP contribution in [0.4, 0.5) is 10.5 Å². The minimum Gasteiger partial charge on any atom is -0.465 e. The number of benzene rings is 3. The summed E-state index contributed by atoms with van der Waals surface area (Å²) in [5, 5.41) is 17.4. The van der Waals surface area contributed by atoms with E-state index in [0.717, 1.165) is 17.5 Å². The lowest BCUT2D eigenvalue weighted by atomic mass is 9.94. The van der Waals surface area contributed by atoms with E-state index in [9.17, 15) is 9.59 Å². The summed E-state index contributed by atoms with van der Waals surface area (Å²) in [6.07, 6.45) is -0.792. The van der Waals surface area contributed by atoms with Gasteiger partial charge in [-0.1, -0.05) is 48.5 Å². The number of aryl methyl sites for hydroxylation is 1. The molecule has 0 radical (unpaired) electrons. The molecular formula is C32H33NO9. The van der Waals surface area contributed by atoms with Gasteiger partial charge in [0.2, 0.25) is 6.29 Å². The number of carbonyl (C=O) groups excluding carboxylic acids is 1. The third-order valence-electron chi connectivity index (χ3n) is 7.02. The van der Waals surface area contributed by atoms with E-state index in [1.807, 2.05) is 69.3 Å². The van der Waals surface area contributed by atoms with E-state index < -0.39 is 23.7 Å². The highest BCUT2D eigenvalue weighted by atomic mass is 16.7. The number of carbonyl (C=O) groups is 2. The number of hydrogen-bond acceptors (Lipinski definition) is 7. The number of methoxy groups -OCH3 is 1. The van der Waals surface area contributed by atoms with Crippen molar-refractivity contribution in [2.45, 2.75) is 51.6 Å². The van der Waals surface area contributed by atoms with Gasteiger partial charge in [-0.3, -0.25) is 4.79 Å². The van der Waals surface area contributed by atoms with Crippen molar-refractivity contribution in [3.8, 4) is 16.9 Å². The fraction of sp³-hybridized carbons (Fsp3) is 0.281. The summed E-state index contributed by atoms with van der Waals surface area (Å²) < 4.78 is 23.5. The van der Waals surface area contributed by atoms with Crippen LogP contribution in [0.3, 0.4) is 0 Å². The van der Waals surface area contributed by atoms with Crippen LogP contribution in [0.25, 0.3) is 22.1 Å². The van der Waals surface area contributed by atoms with Crippen molar-refractivity contribution in [1.29, 1.82) is 0 Å². The standard InChI is InChI=1S/C31H31NO6.CH2O3/c1-19-25(36-27-17-16-26(35-4)31(2,3)38-27)15-14-21-18-24(30(34)37-28(19)21)32-29(33)23-13-9-8-12-22(23)20-10-6-5-7-11-20;2-1(3)4/h5-15,18,26-27H,16-17H2,1-4H3,(H,32,33);(H2,2,3,4). The van der Waals surface area contributed by atoms with Gasteiger partial charge < -0.3 is 34.2 Å². The van der Waals surface area contributed by atoms with Crippen LogP contribution in [0.2, 0.25) is 0 Å². The van der Waals surface area contributed by atoms with Gasteiger partial charge in [0, 0.05) is 30.0 Å². The first kappa shape index (κ1) is 30.3. The second-order valence-corrected chi connectivity index (χ2v) is 10.3. The van der Waals surface area contributed by atoms with Crippen molar-refractivity contribution in [2.75, 3.05) is 12.4 Å². The van der Waals surface area contributed by atoms with Gasteiger partial charge in [-0.2, -0.15) is 0 Å². The summed E-state index contributed by atoms with van der Waals surface area (Å²) in [7, 11) is 1.69. The molecular weight excluding hydrogens is 542 g/mol. The number of fused-ring (bicyclic) bond motifs is 1. The minimum absolute atomic E-state index is 0.00800. The van der Waals surface area contributed by atoms with Crippen LogP contribution in [-0.4, -0.2) is 47.4 Å². The predicted octanol–water partition coefficient (Wildman–Crippen LogP) is 6.55. The topological polar surface area (TPSA) is 145 Å². The van der Waals surface area contributed by atoms with Crippen LogP contribution < -0.4 is 15.7 Å². The SMILES string of the molecule is COC1CCC(Oc2ccc3cc(NC(=O)c4ccccc4-c4ccccc4)c(=O)oc3c2C)OC1(C)C.O=C(O)O. The Kier molecular flexibility index (Phi) is 9.29. The van der Waals surface area contributed by atoms with E-state index in [2.05, 4.69) is 5.32 Å². The van der Waals surface area contributed by atoms with Crippen LogP contribution >= 0.6 is 0 Å². The molecule has 2 atom stereocenters. The number of nitrogens with one attached hydrogen (secondary N) is 1.